The molecule has 0 bridgehead atoms. The fourth-order valence-electron chi connectivity index (χ4n) is 6.93. The van der Waals surface area contributed by atoms with E-state index in [-0.39, 0.29) is 24.0 Å². The van der Waals surface area contributed by atoms with Crippen LogP contribution in [0.15, 0.2) is 114 Å². The third kappa shape index (κ3) is 5.43. The zero-order chi connectivity index (χ0) is 31.8. The molecule has 3 aliphatic rings. The number of carbonyl (C=O) groups excluding carboxylic acids is 3. The predicted molar refractivity (Wildman–Crippen MR) is 183 cm³/mol. The fraction of sp³-hybridized carbons (Fsp3) is 0.184. The Labute approximate surface area is 276 Å². The molecule has 0 aromatic heterocycles. The molecule has 0 saturated carbocycles. The van der Waals surface area contributed by atoms with E-state index in [1.54, 1.807) is 18.2 Å². The average Bonchev–Trinajstić information content (AvgIpc) is 3.07. The minimum atomic E-state index is -0.771. The summed E-state index contributed by atoms with van der Waals surface area (Å²) >= 11 is 3.47. The molecule has 0 unspecified atom stereocenters. The van der Waals surface area contributed by atoms with Gasteiger partial charge < -0.3 is 9.64 Å². The molecule has 7 rings (SSSR count). The Morgan fingerprint density at radius 2 is 1.46 bits per heavy atom. The van der Waals surface area contributed by atoms with Crippen LogP contribution < -0.4 is 19.9 Å². The Balaban J connectivity index is 1.38. The Bertz CT molecular complexity index is 1820. The monoisotopic (exact) mass is 673 g/mol. The van der Waals surface area contributed by atoms with E-state index in [1.165, 1.54) is 22.9 Å². The van der Waals surface area contributed by atoms with Crippen LogP contribution in [0, 0.1) is 0 Å². The van der Waals surface area contributed by atoms with Gasteiger partial charge in [-0.05, 0) is 71.5 Å². The summed E-state index contributed by atoms with van der Waals surface area (Å²) < 4.78 is 6.54. The second kappa shape index (κ2) is 12.4. The Morgan fingerprint density at radius 3 is 2.04 bits per heavy atom. The third-order valence-electron chi connectivity index (χ3n) is 8.99. The van der Waals surface area contributed by atoms with Crippen molar-refractivity contribution in [3.8, 4) is 5.75 Å². The lowest BCUT2D eigenvalue weighted by atomic mass is 9.76. The van der Waals surface area contributed by atoms with Crippen LogP contribution in [0.4, 0.5) is 16.2 Å². The predicted octanol–water partition coefficient (Wildman–Crippen LogP) is 7.56. The van der Waals surface area contributed by atoms with Crippen molar-refractivity contribution in [1.29, 1.82) is 0 Å². The number of nitrogens with zero attached hydrogens (tertiary/aromatic N) is 2. The molecule has 0 spiro atoms. The molecule has 1 saturated heterocycles. The standard InChI is InChI=1S/C38H32BrN3O4/c1-2-19-46-34-14-13-27(39)20-26(34)21-33-36(43)40-38(45)42(37(33)44)28-22-31-29(24-9-5-3-6-10-24)15-17-41-18-16-30(32(23-28)35(31)41)25-11-7-4-8-12-25/h2-14,20-23,29-30H,1,15-19H2,(H,40,43,45)/b33-21+/t29-,30-/m0/s1. The summed E-state index contributed by atoms with van der Waals surface area (Å²) in [5.74, 6) is -0.783. The molecule has 46 heavy (non-hydrogen) atoms. The lowest BCUT2D eigenvalue weighted by Gasteiger charge is -2.44. The highest BCUT2D eigenvalue weighted by atomic mass is 79.9. The number of ether oxygens (including phenoxy) is 1. The molecule has 3 heterocycles. The summed E-state index contributed by atoms with van der Waals surface area (Å²) in [6, 6.07) is 29.3. The quantitative estimate of drug-likeness (QED) is 0.124. The van der Waals surface area contributed by atoms with E-state index in [1.807, 2.05) is 54.6 Å². The fourth-order valence-corrected chi connectivity index (χ4v) is 7.31. The number of nitrogens with one attached hydrogen (secondary N) is 1. The van der Waals surface area contributed by atoms with Crippen LogP contribution in [0.25, 0.3) is 6.08 Å². The molecule has 7 nitrogen and oxygen atoms in total. The van der Waals surface area contributed by atoms with E-state index >= 15 is 0 Å². The first-order chi connectivity index (χ1) is 22.4. The van der Waals surface area contributed by atoms with Gasteiger partial charge >= 0.3 is 6.03 Å². The molecule has 4 aromatic carbocycles. The van der Waals surface area contributed by atoms with Gasteiger partial charge in [-0.1, -0.05) is 89.2 Å². The lowest BCUT2D eigenvalue weighted by molar-refractivity contribution is -0.122. The SMILES string of the molecule is C=CCOc1ccc(Br)cc1/C=C1\C(=O)NC(=O)N(c2cc3c4c(c2)[C@H](c2ccccc2)CCN4CC[C@H]3c2ccccc2)C1=O. The Kier molecular flexibility index (Phi) is 8.05. The number of rotatable bonds is 7. The first kappa shape index (κ1) is 29.7. The van der Waals surface area contributed by atoms with Gasteiger partial charge in [0.05, 0.1) is 5.69 Å². The highest BCUT2D eigenvalue weighted by Gasteiger charge is 2.40. The van der Waals surface area contributed by atoms with Crippen LogP contribution in [0.5, 0.6) is 5.75 Å². The molecular weight excluding hydrogens is 642 g/mol. The first-order valence-electron chi connectivity index (χ1n) is 15.4. The van der Waals surface area contributed by atoms with E-state index in [2.05, 4.69) is 57.0 Å². The molecular formula is C38H32BrN3O4. The van der Waals surface area contributed by atoms with Gasteiger partial charge in [-0.25, -0.2) is 9.69 Å². The van der Waals surface area contributed by atoms with Crippen LogP contribution in [0.3, 0.4) is 0 Å². The minimum absolute atomic E-state index is 0.0894. The van der Waals surface area contributed by atoms with Crippen LogP contribution in [0.1, 0.15) is 52.5 Å². The van der Waals surface area contributed by atoms with Gasteiger partial charge in [0.2, 0.25) is 0 Å². The molecule has 0 aliphatic carbocycles. The van der Waals surface area contributed by atoms with E-state index in [0.29, 0.717) is 17.0 Å². The number of hydrogen-bond acceptors (Lipinski definition) is 5. The molecule has 1 N–H and O–H groups in total. The smallest absolute Gasteiger partial charge is 0.335 e. The molecule has 0 radical (unpaired) electrons. The number of amides is 4. The van der Waals surface area contributed by atoms with Gasteiger partial charge in [0.15, 0.2) is 0 Å². The van der Waals surface area contributed by atoms with Crippen molar-refractivity contribution >= 4 is 51.2 Å². The number of hydrogen-bond donors (Lipinski definition) is 1. The summed E-state index contributed by atoms with van der Waals surface area (Å²) in [4.78, 5) is 44.4. The number of benzene rings is 4. The van der Waals surface area contributed by atoms with Crippen molar-refractivity contribution in [1.82, 2.24) is 5.32 Å². The van der Waals surface area contributed by atoms with E-state index < -0.39 is 17.8 Å². The van der Waals surface area contributed by atoms with Crippen molar-refractivity contribution in [2.45, 2.75) is 24.7 Å². The summed E-state index contributed by atoms with van der Waals surface area (Å²) in [6.07, 6.45) is 4.92. The molecule has 230 valence electrons. The number of anilines is 2. The highest BCUT2D eigenvalue weighted by Crippen LogP contribution is 2.50. The van der Waals surface area contributed by atoms with Crippen molar-refractivity contribution in [3.63, 3.8) is 0 Å². The lowest BCUT2D eigenvalue weighted by Crippen LogP contribution is -2.54. The molecule has 8 heteroatoms. The number of imide groups is 2. The third-order valence-corrected chi connectivity index (χ3v) is 9.48. The van der Waals surface area contributed by atoms with Crippen molar-refractivity contribution in [2.24, 2.45) is 0 Å². The zero-order valence-corrected chi connectivity index (χ0v) is 26.7. The maximum atomic E-state index is 14.2. The van der Waals surface area contributed by atoms with Crippen LogP contribution in [-0.4, -0.2) is 37.5 Å². The zero-order valence-electron chi connectivity index (χ0n) is 25.1. The second-order valence-corrected chi connectivity index (χ2v) is 12.6. The van der Waals surface area contributed by atoms with E-state index in [9.17, 15) is 14.4 Å². The summed E-state index contributed by atoms with van der Waals surface area (Å²) in [6.45, 7) is 5.80. The van der Waals surface area contributed by atoms with Crippen LogP contribution >= 0.6 is 15.9 Å². The molecule has 4 amide bonds. The van der Waals surface area contributed by atoms with Gasteiger partial charge in [0.25, 0.3) is 11.8 Å². The summed E-state index contributed by atoms with van der Waals surface area (Å²) in [5.41, 5.74) is 6.53. The van der Waals surface area contributed by atoms with E-state index in [4.69, 9.17) is 4.74 Å². The number of halogens is 1. The van der Waals surface area contributed by atoms with Crippen molar-refractivity contribution in [2.75, 3.05) is 29.5 Å². The van der Waals surface area contributed by atoms with Crippen molar-refractivity contribution in [3.05, 3.63) is 142 Å². The van der Waals surface area contributed by atoms with Crippen molar-refractivity contribution < 1.29 is 19.1 Å². The number of barbiturate groups is 1. The van der Waals surface area contributed by atoms with Gasteiger partial charge in [0, 0.05) is 40.6 Å². The van der Waals surface area contributed by atoms with E-state index in [0.717, 1.165) is 46.4 Å². The second-order valence-electron chi connectivity index (χ2n) is 11.7. The molecule has 2 atom stereocenters. The summed E-state index contributed by atoms with van der Waals surface area (Å²) in [7, 11) is 0. The normalized spacial score (nSPS) is 19.9. The highest BCUT2D eigenvalue weighted by molar-refractivity contribution is 9.10. The van der Waals surface area contributed by atoms with Gasteiger partial charge in [0.1, 0.15) is 17.9 Å². The van der Waals surface area contributed by atoms with Crippen LogP contribution in [0.2, 0.25) is 0 Å². The minimum Gasteiger partial charge on any atom is -0.489 e. The first-order valence-corrected chi connectivity index (χ1v) is 16.2. The number of urea groups is 1. The van der Waals surface area contributed by atoms with Gasteiger partial charge in [-0.3, -0.25) is 14.9 Å². The molecule has 3 aliphatic heterocycles. The largest absolute Gasteiger partial charge is 0.489 e. The van der Waals surface area contributed by atoms with Gasteiger partial charge in [-0.15, -0.1) is 0 Å². The Hall–Kier alpha value is -4.95. The maximum absolute atomic E-state index is 14.2. The molecule has 4 aromatic rings. The van der Waals surface area contributed by atoms with Crippen LogP contribution in [-0.2, 0) is 9.59 Å². The average molecular weight is 675 g/mol. The number of carbonyl (C=O) groups is 3. The molecule has 1 fully saturated rings. The topological polar surface area (TPSA) is 79.0 Å². The maximum Gasteiger partial charge on any atom is 0.335 e. The summed E-state index contributed by atoms with van der Waals surface area (Å²) in [5, 5.41) is 2.41. The Morgan fingerprint density at radius 1 is 0.848 bits per heavy atom. The van der Waals surface area contributed by atoms with Gasteiger partial charge in [-0.2, -0.15) is 0 Å².